The number of alkyl halides is 3. The third-order valence-electron chi connectivity index (χ3n) is 2.76. The van der Waals surface area contributed by atoms with Crippen LogP contribution in [0.25, 0.3) is 11.1 Å². The van der Waals surface area contributed by atoms with Crippen LogP contribution in [0.5, 0.6) is 5.75 Å². The van der Waals surface area contributed by atoms with Gasteiger partial charge in [0.15, 0.2) is 0 Å². The van der Waals surface area contributed by atoms with Crippen molar-refractivity contribution in [2.75, 3.05) is 7.11 Å². The summed E-state index contributed by atoms with van der Waals surface area (Å²) in [6.45, 7) is 0. The Labute approximate surface area is 123 Å². The van der Waals surface area contributed by atoms with Crippen LogP contribution in [0.15, 0.2) is 36.4 Å². The zero-order valence-electron chi connectivity index (χ0n) is 10.3. The molecule has 0 radical (unpaired) electrons. The van der Waals surface area contributed by atoms with Crippen molar-refractivity contribution >= 4 is 23.2 Å². The molecule has 0 aliphatic heterocycles. The summed E-state index contributed by atoms with van der Waals surface area (Å²) in [6, 6.07) is 8.46. The highest BCUT2D eigenvalue weighted by Gasteiger charge is 2.37. The lowest BCUT2D eigenvalue weighted by Gasteiger charge is -2.16. The fourth-order valence-electron chi connectivity index (χ4n) is 1.90. The molecule has 0 N–H and O–H groups in total. The highest BCUT2D eigenvalue weighted by atomic mass is 35.5. The molecule has 2 aromatic rings. The number of benzene rings is 2. The van der Waals surface area contributed by atoms with E-state index in [9.17, 15) is 13.2 Å². The molecule has 2 aromatic carbocycles. The van der Waals surface area contributed by atoms with Gasteiger partial charge in [0, 0.05) is 0 Å². The summed E-state index contributed by atoms with van der Waals surface area (Å²) in [5.74, 6) is -0.235. The topological polar surface area (TPSA) is 9.23 Å². The second-order valence-electron chi connectivity index (χ2n) is 4.01. The van der Waals surface area contributed by atoms with Gasteiger partial charge in [-0.05, 0) is 29.3 Å². The fourth-order valence-corrected chi connectivity index (χ4v) is 2.20. The Kier molecular flexibility index (Phi) is 4.16. The maximum atomic E-state index is 13.2. The predicted octanol–water partition coefficient (Wildman–Crippen LogP) is 5.69. The van der Waals surface area contributed by atoms with Gasteiger partial charge in [0.05, 0.1) is 17.2 Å². The second-order valence-corrected chi connectivity index (χ2v) is 4.82. The predicted molar refractivity (Wildman–Crippen MR) is 73.5 cm³/mol. The normalized spacial score (nSPS) is 11.5. The standard InChI is InChI=1S/C14H9Cl2F3O/c1-20-12-4-2-3-9(13(12)14(17,18)19)8-5-6-10(15)11(16)7-8/h2-7H,1H3. The molecule has 0 atom stereocenters. The molecular weight excluding hydrogens is 312 g/mol. The Hall–Kier alpha value is -1.39. The van der Waals surface area contributed by atoms with Crippen LogP contribution in [0.1, 0.15) is 5.56 Å². The van der Waals surface area contributed by atoms with E-state index in [1.54, 1.807) is 0 Å². The van der Waals surface area contributed by atoms with Gasteiger partial charge in [-0.1, -0.05) is 41.4 Å². The largest absolute Gasteiger partial charge is 0.496 e. The molecule has 106 valence electrons. The first-order valence-electron chi connectivity index (χ1n) is 5.54. The Morgan fingerprint density at radius 3 is 2.25 bits per heavy atom. The van der Waals surface area contributed by atoms with Crippen LogP contribution in [0.2, 0.25) is 10.0 Å². The molecule has 2 rings (SSSR count). The average molecular weight is 321 g/mol. The quantitative estimate of drug-likeness (QED) is 0.690. The Balaban J connectivity index is 2.70. The lowest BCUT2D eigenvalue weighted by molar-refractivity contribution is -0.138. The van der Waals surface area contributed by atoms with E-state index in [4.69, 9.17) is 27.9 Å². The zero-order valence-corrected chi connectivity index (χ0v) is 11.8. The van der Waals surface area contributed by atoms with Crippen LogP contribution in [0.4, 0.5) is 13.2 Å². The van der Waals surface area contributed by atoms with Gasteiger partial charge < -0.3 is 4.74 Å². The monoisotopic (exact) mass is 320 g/mol. The van der Waals surface area contributed by atoms with Crippen LogP contribution in [-0.4, -0.2) is 7.11 Å². The lowest BCUT2D eigenvalue weighted by atomic mass is 9.98. The number of hydrogen-bond acceptors (Lipinski definition) is 1. The second kappa shape index (κ2) is 5.54. The summed E-state index contributed by atoms with van der Waals surface area (Å²) < 4.78 is 44.5. The Morgan fingerprint density at radius 1 is 1.00 bits per heavy atom. The van der Waals surface area contributed by atoms with Crippen molar-refractivity contribution in [3.05, 3.63) is 52.0 Å². The molecule has 20 heavy (non-hydrogen) atoms. The van der Waals surface area contributed by atoms with E-state index in [2.05, 4.69) is 0 Å². The van der Waals surface area contributed by atoms with Gasteiger partial charge in [0.2, 0.25) is 0 Å². The maximum absolute atomic E-state index is 13.2. The molecular formula is C14H9Cl2F3O. The summed E-state index contributed by atoms with van der Waals surface area (Å²) in [4.78, 5) is 0. The van der Waals surface area contributed by atoms with Gasteiger partial charge in [-0.3, -0.25) is 0 Å². The summed E-state index contributed by atoms with van der Waals surface area (Å²) in [5, 5.41) is 0.479. The van der Waals surface area contributed by atoms with Crippen molar-refractivity contribution in [3.8, 4) is 16.9 Å². The smallest absolute Gasteiger partial charge is 0.420 e. The van der Waals surface area contributed by atoms with Gasteiger partial charge in [-0.25, -0.2) is 0 Å². The van der Waals surface area contributed by atoms with Crippen LogP contribution in [0.3, 0.4) is 0 Å². The van der Waals surface area contributed by atoms with Gasteiger partial charge in [0.1, 0.15) is 11.3 Å². The summed E-state index contributed by atoms with van der Waals surface area (Å²) in [7, 11) is 1.20. The molecule has 0 saturated carbocycles. The van der Waals surface area contributed by atoms with E-state index in [1.165, 1.54) is 43.5 Å². The summed E-state index contributed by atoms with van der Waals surface area (Å²) in [6.07, 6.45) is -4.53. The number of hydrogen-bond donors (Lipinski definition) is 0. The fraction of sp³-hybridized carbons (Fsp3) is 0.143. The third kappa shape index (κ3) is 2.86. The number of ether oxygens (including phenoxy) is 1. The zero-order chi connectivity index (χ0) is 14.9. The third-order valence-corrected chi connectivity index (χ3v) is 3.50. The van der Waals surface area contributed by atoms with Gasteiger partial charge >= 0.3 is 6.18 Å². The minimum atomic E-state index is -4.53. The molecule has 0 bridgehead atoms. The highest BCUT2D eigenvalue weighted by Crippen LogP contribution is 2.43. The van der Waals surface area contributed by atoms with Crippen molar-refractivity contribution in [2.45, 2.75) is 6.18 Å². The molecule has 1 nitrogen and oxygen atoms in total. The molecule has 0 heterocycles. The van der Waals surface area contributed by atoms with E-state index in [0.717, 1.165) is 0 Å². The molecule has 6 heteroatoms. The average Bonchev–Trinajstić information content (AvgIpc) is 2.40. The van der Waals surface area contributed by atoms with Gasteiger partial charge in [-0.15, -0.1) is 0 Å². The minimum absolute atomic E-state index is 0.00424. The maximum Gasteiger partial charge on any atom is 0.420 e. The van der Waals surface area contributed by atoms with E-state index < -0.39 is 11.7 Å². The molecule has 0 fully saturated rings. The first-order chi connectivity index (χ1) is 9.34. The van der Waals surface area contributed by atoms with Crippen molar-refractivity contribution in [1.82, 2.24) is 0 Å². The molecule has 0 amide bonds. The van der Waals surface area contributed by atoms with Crippen molar-refractivity contribution < 1.29 is 17.9 Å². The molecule has 0 aliphatic rings. The van der Waals surface area contributed by atoms with Crippen LogP contribution >= 0.6 is 23.2 Å². The molecule has 0 aliphatic carbocycles. The van der Waals surface area contributed by atoms with Crippen molar-refractivity contribution in [1.29, 1.82) is 0 Å². The molecule has 0 aromatic heterocycles. The molecule has 0 unspecified atom stereocenters. The van der Waals surface area contributed by atoms with E-state index in [0.29, 0.717) is 5.56 Å². The first kappa shape index (κ1) is 15.0. The summed E-state index contributed by atoms with van der Waals surface area (Å²) in [5.41, 5.74) is -0.512. The number of halogens is 5. The Morgan fingerprint density at radius 2 is 1.70 bits per heavy atom. The minimum Gasteiger partial charge on any atom is -0.496 e. The van der Waals surface area contributed by atoms with E-state index in [1.807, 2.05) is 0 Å². The van der Waals surface area contributed by atoms with Gasteiger partial charge in [-0.2, -0.15) is 13.2 Å². The number of rotatable bonds is 2. The van der Waals surface area contributed by atoms with Crippen LogP contribution in [0, 0.1) is 0 Å². The molecule has 0 saturated heterocycles. The summed E-state index contributed by atoms with van der Waals surface area (Å²) >= 11 is 11.6. The van der Waals surface area contributed by atoms with E-state index in [-0.39, 0.29) is 21.4 Å². The lowest BCUT2D eigenvalue weighted by Crippen LogP contribution is -2.09. The Bertz CT molecular complexity index is 639. The SMILES string of the molecule is COc1cccc(-c2ccc(Cl)c(Cl)c2)c1C(F)(F)F. The highest BCUT2D eigenvalue weighted by molar-refractivity contribution is 6.42. The van der Waals surface area contributed by atoms with E-state index >= 15 is 0 Å². The number of methoxy groups -OCH3 is 1. The van der Waals surface area contributed by atoms with Crippen LogP contribution < -0.4 is 4.74 Å². The molecule has 0 spiro atoms. The van der Waals surface area contributed by atoms with Crippen LogP contribution in [-0.2, 0) is 6.18 Å². The van der Waals surface area contributed by atoms with Crippen molar-refractivity contribution in [3.63, 3.8) is 0 Å². The first-order valence-corrected chi connectivity index (χ1v) is 6.30. The van der Waals surface area contributed by atoms with Crippen molar-refractivity contribution in [2.24, 2.45) is 0 Å². The van der Waals surface area contributed by atoms with Gasteiger partial charge in [0.25, 0.3) is 0 Å².